The molecule has 2 rings (SSSR count). The Morgan fingerprint density at radius 3 is 2.86 bits per heavy atom. The summed E-state index contributed by atoms with van der Waals surface area (Å²) < 4.78 is 18.6. The first kappa shape index (κ1) is 16.5. The van der Waals surface area contributed by atoms with E-state index in [1.807, 2.05) is 11.8 Å². The zero-order chi connectivity index (χ0) is 14.9. The molecule has 0 aromatic heterocycles. The molecule has 1 unspecified atom stereocenters. The second kappa shape index (κ2) is 9.25. The molecule has 0 amide bonds. The third-order valence-electron chi connectivity index (χ3n) is 3.36. The molecule has 2 N–H and O–H groups in total. The topological polar surface area (TPSA) is 44.7 Å². The fraction of sp³-hybridized carbons (Fsp3) is 0.600. The van der Waals surface area contributed by atoms with Crippen LogP contribution < -0.4 is 10.1 Å². The van der Waals surface area contributed by atoms with E-state index >= 15 is 0 Å². The van der Waals surface area contributed by atoms with Crippen LogP contribution in [0.5, 0.6) is 5.75 Å². The number of halogens is 1. The highest BCUT2D eigenvalue weighted by Crippen LogP contribution is 2.15. The van der Waals surface area contributed by atoms with Crippen molar-refractivity contribution < 1.29 is 14.2 Å². The van der Waals surface area contributed by atoms with Crippen LogP contribution in [0.1, 0.15) is 0 Å². The first-order valence-electron chi connectivity index (χ1n) is 7.32. The molecule has 1 aromatic carbocycles. The van der Waals surface area contributed by atoms with Gasteiger partial charge in [-0.15, -0.1) is 0 Å². The number of ether oxygens (including phenoxy) is 1. The van der Waals surface area contributed by atoms with Crippen molar-refractivity contribution in [2.75, 3.05) is 50.8 Å². The lowest BCUT2D eigenvalue weighted by atomic mass is 10.3. The second-order valence-electron chi connectivity index (χ2n) is 5.05. The van der Waals surface area contributed by atoms with Crippen molar-refractivity contribution in [3.8, 4) is 5.75 Å². The highest BCUT2D eigenvalue weighted by Gasteiger charge is 2.10. The van der Waals surface area contributed by atoms with Gasteiger partial charge >= 0.3 is 0 Å². The van der Waals surface area contributed by atoms with E-state index in [4.69, 9.17) is 4.74 Å². The summed E-state index contributed by atoms with van der Waals surface area (Å²) in [6.07, 6.45) is -0.637. The highest BCUT2D eigenvalue weighted by atomic mass is 32.2. The van der Waals surface area contributed by atoms with Crippen LogP contribution in [-0.4, -0.2) is 66.9 Å². The van der Waals surface area contributed by atoms with Crippen molar-refractivity contribution in [2.45, 2.75) is 6.10 Å². The van der Waals surface area contributed by atoms with E-state index in [0.29, 0.717) is 6.54 Å². The molecular formula is C15H23FN2O2S. The molecular weight excluding hydrogens is 291 g/mol. The van der Waals surface area contributed by atoms with E-state index < -0.39 is 11.9 Å². The van der Waals surface area contributed by atoms with Crippen LogP contribution >= 0.6 is 11.8 Å². The van der Waals surface area contributed by atoms with Crippen molar-refractivity contribution >= 4 is 11.8 Å². The molecule has 21 heavy (non-hydrogen) atoms. The first-order valence-corrected chi connectivity index (χ1v) is 8.47. The molecule has 1 aliphatic rings. The summed E-state index contributed by atoms with van der Waals surface area (Å²) in [4.78, 5) is 2.42. The summed E-state index contributed by atoms with van der Waals surface area (Å²) in [6.45, 7) is 4.69. The molecule has 0 saturated carbocycles. The summed E-state index contributed by atoms with van der Waals surface area (Å²) in [5.74, 6) is 2.20. The predicted molar refractivity (Wildman–Crippen MR) is 84.5 cm³/mol. The lowest BCUT2D eigenvalue weighted by Crippen LogP contribution is -2.40. The Kier molecular flexibility index (Phi) is 7.29. The van der Waals surface area contributed by atoms with Gasteiger partial charge in [0.15, 0.2) is 11.6 Å². The molecule has 1 fully saturated rings. The minimum absolute atomic E-state index is 0.0916. The van der Waals surface area contributed by atoms with Crippen LogP contribution in [0.3, 0.4) is 0 Å². The van der Waals surface area contributed by atoms with E-state index in [9.17, 15) is 9.50 Å². The number of thioether (sulfide) groups is 1. The van der Waals surface area contributed by atoms with Gasteiger partial charge in [0.05, 0.1) is 0 Å². The minimum atomic E-state index is -0.637. The summed E-state index contributed by atoms with van der Waals surface area (Å²) in [5.41, 5.74) is 0. The van der Waals surface area contributed by atoms with Crippen molar-refractivity contribution in [3.63, 3.8) is 0 Å². The van der Waals surface area contributed by atoms with E-state index in [-0.39, 0.29) is 12.4 Å². The van der Waals surface area contributed by atoms with E-state index in [1.54, 1.807) is 18.2 Å². The standard InChI is InChI=1S/C15H23FN2O2S/c16-14-3-1-2-4-15(14)20-12-13(19)11-17-5-6-18-7-9-21-10-8-18/h1-4,13,17,19H,5-12H2. The Labute approximate surface area is 129 Å². The van der Waals surface area contributed by atoms with Crippen molar-refractivity contribution in [1.82, 2.24) is 10.2 Å². The number of rotatable bonds is 8. The Bertz CT molecular complexity index is 416. The maximum Gasteiger partial charge on any atom is 0.165 e. The first-order chi connectivity index (χ1) is 10.3. The van der Waals surface area contributed by atoms with Gasteiger partial charge in [0.1, 0.15) is 12.7 Å². The van der Waals surface area contributed by atoms with Gasteiger partial charge in [-0.1, -0.05) is 12.1 Å². The Morgan fingerprint density at radius 1 is 1.33 bits per heavy atom. The maximum absolute atomic E-state index is 13.3. The molecule has 4 nitrogen and oxygen atoms in total. The number of hydrogen-bond acceptors (Lipinski definition) is 5. The van der Waals surface area contributed by atoms with Crippen molar-refractivity contribution in [2.24, 2.45) is 0 Å². The number of benzene rings is 1. The van der Waals surface area contributed by atoms with E-state index in [0.717, 1.165) is 26.2 Å². The quantitative estimate of drug-likeness (QED) is 0.706. The van der Waals surface area contributed by atoms with Gasteiger partial charge in [-0.25, -0.2) is 4.39 Å². The monoisotopic (exact) mass is 314 g/mol. The van der Waals surface area contributed by atoms with E-state index in [1.165, 1.54) is 17.6 Å². The van der Waals surface area contributed by atoms with Gasteiger partial charge in [0.2, 0.25) is 0 Å². The van der Waals surface area contributed by atoms with Gasteiger partial charge in [0, 0.05) is 44.2 Å². The number of aliphatic hydroxyl groups is 1. The number of hydrogen-bond donors (Lipinski definition) is 2. The lowest BCUT2D eigenvalue weighted by Gasteiger charge is -2.26. The van der Waals surface area contributed by atoms with Crippen molar-refractivity contribution in [3.05, 3.63) is 30.1 Å². The summed E-state index contributed by atoms with van der Waals surface area (Å²) >= 11 is 2.00. The zero-order valence-corrected chi connectivity index (χ0v) is 12.9. The molecule has 1 aliphatic heterocycles. The summed E-state index contributed by atoms with van der Waals surface area (Å²) in [6, 6.07) is 6.22. The van der Waals surface area contributed by atoms with Crippen LogP contribution in [0.4, 0.5) is 4.39 Å². The number of nitrogens with one attached hydrogen (secondary N) is 1. The van der Waals surface area contributed by atoms with Gasteiger partial charge < -0.3 is 20.1 Å². The SMILES string of the molecule is OC(CNCCN1CCSCC1)COc1ccccc1F. The average molecular weight is 314 g/mol. The fourth-order valence-corrected chi connectivity index (χ4v) is 3.12. The molecule has 1 saturated heterocycles. The molecule has 0 aliphatic carbocycles. The Balaban J connectivity index is 1.55. The largest absolute Gasteiger partial charge is 0.488 e. The van der Waals surface area contributed by atoms with Crippen LogP contribution in [0.15, 0.2) is 24.3 Å². The molecule has 1 aromatic rings. The van der Waals surface area contributed by atoms with Crippen molar-refractivity contribution in [1.29, 1.82) is 0 Å². The second-order valence-corrected chi connectivity index (χ2v) is 6.28. The maximum atomic E-state index is 13.3. The van der Waals surface area contributed by atoms with Gasteiger partial charge in [0.25, 0.3) is 0 Å². The number of nitrogens with zero attached hydrogens (tertiary/aromatic N) is 1. The number of aliphatic hydroxyl groups excluding tert-OH is 1. The van der Waals surface area contributed by atoms with Gasteiger partial charge in [-0.2, -0.15) is 11.8 Å². The molecule has 0 bridgehead atoms. The molecule has 0 spiro atoms. The zero-order valence-electron chi connectivity index (χ0n) is 12.1. The van der Waals surface area contributed by atoms with Crippen LogP contribution in [0.25, 0.3) is 0 Å². The molecule has 1 atom stereocenters. The summed E-state index contributed by atoms with van der Waals surface area (Å²) in [5, 5.41) is 13.0. The molecule has 6 heteroatoms. The fourth-order valence-electron chi connectivity index (χ4n) is 2.14. The highest BCUT2D eigenvalue weighted by molar-refractivity contribution is 7.99. The predicted octanol–water partition coefficient (Wildman–Crippen LogP) is 1.20. The Hall–Kier alpha value is -0.820. The average Bonchev–Trinajstić information content (AvgIpc) is 2.52. The third kappa shape index (κ3) is 6.22. The molecule has 1 heterocycles. The van der Waals surface area contributed by atoms with E-state index in [2.05, 4.69) is 10.2 Å². The van der Waals surface area contributed by atoms with Crippen LogP contribution in [0, 0.1) is 5.82 Å². The van der Waals surface area contributed by atoms with Gasteiger partial charge in [-0.05, 0) is 12.1 Å². The molecule has 0 radical (unpaired) electrons. The lowest BCUT2D eigenvalue weighted by molar-refractivity contribution is 0.103. The normalized spacial score (nSPS) is 17.6. The van der Waals surface area contributed by atoms with Crippen LogP contribution in [0.2, 0.25) is 0 Å². The summed E-state index contributed by atoms with van der Waals surface area (Å²) in [7, 11) is 0. The molecule has 118 valence electrons. The van der Waals surface area contributed by atoms with Gasteiger partial charge in [-0.3, -0.25) is 0 Å². The van der Waals surface area contributed by atoms with Crippen LogP contribution in [-0.2, 0) is 0 Å². The third-order valence-corrected chi connectivity index (χ3v) is 4.30. The number of para-hydroxylation sites is 1. The minimum Gasteiger partial charge on any atom is -0.488 e. The Morgan fingerprint density at radius 2 is 2.10 bits per heavy atom. The smallest absolute Gasteiger partial charge is 0.165 e.